The summed E-state index contributed by atoms with van der Waals surface area (Å²) in [4.78, 5) is 37.1. The number of amides is 2. The van der Waals surface area contributed by atoms with Crippen LogP contribution in [0, 0.1) is 0 Å². The molecule has 0 radical (unpaired) electrons. The first-order chi connectivity index (χ1) is 15.3. The van der Waals surface area contributed by atoms with Gasteiger partial charge in [-0.05, 0) is 68.2 Å². The number of carboxylic acids is 1. The summed E-state index contributed by atoms with van der Waals surface area (Å²) in [5.74, 6) is -1.02. The van der Waals surface area contributed by atoms with E-state index in [0.717, 1.165) is 0 Å². The minimum absolute atomic E-state index is 0.0251. The number of ether oxygens (including phenoxy) is 1. The molecule has 0 saturated heterocycles. The zero-order chi connectivity index (χ0) is 23.5. The SMILES string of the molecule is CSCCC(NC(=O)/C(=C\c1ccc(OC(C)C)cc1)NC(=O)c1ccccc1)C(=O)O. The van der Waals surface area contributed by atoms with Gasteiger partial charge in [-0.25, -0.2) is 4.79 Å². The number of nitrogens with one attached hydrogen (secondary N) is 2. The maximum Gasteiger partial charge on any atom is 0.326 e. The second kappa shape index (κ2) is 12.6. The van der Waals surface area contributed by atoms with Crippen LogP contribution in [0.2, 0.25) is 0 Å². The van der Waals surface area contributed by atoms with Crippen LogP contribution in [0.25, 0.3) is 6.08 Å². The summed E-state index contributed by atoms with van der Waals surface area (Å²) in [6.45, 7) is 3.84. The lowest BCUT2D eigenvalue weighted by molar-refractivity contribution is -0.141. The molecule has 0 fully saturated rings. The Morgan fingerprint density at radius 2 is 1.72 bits per heavy atom. The van der Waals surface area contributed by atoms with Gasteiger partial charge in [-0.15, -0.1) is 0 Å². The molecule has 7 nitrogen and oxygen atoms in total. The Morgan fingerprint density at radius 3 is 2.28 bits per heavy atom. The second-order valence-electron chi connectivity index (χ2n) is 7.26. The third-order valence-corrected chi connectivity index (χ3v) is 4.95. The topological polar surface area (TPSA) is 105 Å². The maximum atomic E-state index is 12.9. The number of carboxylic acid groups (broad SMARTS) is 1. The molecule has 2 amide bonds. The highest BCUT2D eigenvalue weighted by molar-refractivity contribution is 7.98. The lowest BCUT2D eigenvalue weighted by Gasteiger charge is -2.16. The van der Waals surface area contributed by atoms with Gasteiger partial charge in [0.1, 0.15) is 17.5 Å². The molecule has 0 aromatic heterocycles. The zero-order valence-corrected chi connectivity index (χ0v) is 19.1. The van der Waals surface area contributed by atoms with Crippen molar-refractivity contribution >= 4 is 35.6 Å². The minimum atomic E-state index is -1.13. The highest BCUT2D eigenvalue weighted by Gasteiger charge is 2.22. The van der Waals surface area contributed by atoms with E-state index in [-0.39, 0.29) is 18.2 Å². The molecule has 0 aliphatic heterocycles. The summed E-state index contributed by atoms with van der Waals surface area (Å²) in [6, 6.07) is 14.4. The van der Waals surface area contributed by atoms with Crippen molar-refractivity contribution < 1.29 is 24.2 Å². The van der Waals surface area contributed by atoms with Crippen LogP contribution >= 0.6 is 11.8 Å². The Kier molecular flexibility index (Phi) is 9.81. The van der Waals surface area contributed by atoms with Gasteiger partial charge < -0.3 is 20.5 Å². The molecule has 2 rings (SSSR count). The van der Waals surface area contributed by atoms with Crippen molar-refractivity contribution in [2.24, 2.45) is 0 Å². The molecule has 2 aromatic carbocycles. The highest BCUT2D eigenvalue weighted by atomic mass is 32.2. The maximum absolute atomic E-state index is 12.9. The summed E-state index contributed by atoms with van der Waals surface area (Å²) in [5, 5.41) is 14.6. The van der Waals surface area contributed by atoms with E-state index in [4.69, 9.17) is 4.74 Å². The van der Waals surface area contributed by atoms with E-state index in [9.17, 15) is 19.5 Å². The van der Waals surface area contributed by atoms with Crippen molar-refractivity contribution in [1.82, 2.24) is 10.6 Å². The van der Waals surface area contributed by atoms with Crippen molar-refractivity contribution in [3.8, 4) is 5.75 Å². The largest absolute Gasteiger partial charge is 0.491 e. The standard InChI is InChI=1S/C24H28N2O5S/c1-16(2)31-19-11-9-17(10-12-19)15-21(26-22(27)18-7-5-4-6-8-18)23(28)25-20(24(29)30)13-14-32-3/h4-12,15-16,20H,13-14H2,1-3H3,(H,25,28)(H,26,27)(H,29,30)/b21-15+. The van der Waals surface area contributed by atoms with Crippen LogP contribution in [-0.4, -0.2) is 47.0 Å². The van der Waals surface area contributed by atoms with Gasteiger partial charge in [-0.2, -0.15) is 11.8 Å². The van der Waals surface area contributed by atoms with Crippen molar-refractivity contribution in [3.63, 3.8) is 0 Å². The summed E-state index contributed by atoms with van der Waals surface area (Å²) >= 11 is 1.49. The summed E-state index contributed by atoms with van der Waals surface area (Å²) in [5.41, 5.74) is 0.978. The van der Waals surface area contributed by atoms with E-state index in [1.54, 1.807) is 54.6 Å². The van der Waals surface area contributed by atoms with Crippen LogP contribution in [0.15, 0.2) is 60.3 Å². The second-order valence-corrected chi connectivity index (χ2v) is 8.25. The Hall–Kier alpha value is -3.26. The van der Waals surface area contributed by atoms with Gasteiger partial charge in [0.05, 0.1) is 6.10 Å². The van der Waals surface area contributed by atoms with Crippen LogP contribution in [0.1, 0.15) is 36.2 Å². The molecule has 8 heteroatoms. The third-order valence-electron chi connectivity index (χ3n) is 4.31. The molecule has 3 N–H and O–H groups in total. The van der Waals surface area contributed by atoms with Crippen LogP contribution < -0.4 is 15.4 Å². The smallest absolute Gasteiger partial charge is 0.326 e. The van der Waals surface area contributed by atoms with Crippen LogP contribution in [0.5, 0.6) is 5.75 Å². The first-order valence-corrected chi connectivity index (χ1v) is 11.6. The summed E-state index contributed by atoms with van der Waals surface area (Å²) < 4.78 is 5.62. The molecular weight excluding hydrogens is 428 g/mol. The van der Waals surface area contributed by atoms with Crippen molar-refractivity contribution in [2.75, 3.05) is 12.0 Å². The normalized spacial score (nSPS) is 12.2. The van der Waals surface area contributed by atoms with E-state index in [1.165, 1.54) is 17.8 Å². The predicted molar refractivity (Wildman–Crippen MR) is 127 cm³/mol. The lowest BCUT2D eigenvalue weighted by atomic mass is 10.1. The zero-order valence-electron chi connectivity index (χ0n) is 18.3. The van der Waals surface area contributed by atoms with E-state index >= 15 is 0 Å². The fraction of sp³-hybridized carbons (Fsp3) is 0.292. The molecule has 1 unspecified atom stereocenters. The van der Waals surface area contributed by atoms with Gasteiger partial charge >= 0.3 is 5.97 Å². The first-order valence-electron chi connectivity index (χ1n) is 10.2. The average Bonchev–Trinajstić information content (AvgIpc) is 2.77. The quantitative estimate of drug-likeness (QED) is 0.447. The van der Waals surface area contributed by atoms with Crippen molar-refractivity contribution in [2.45, 2.75) is 32.4 Å². The van der Waals surface area contributed by atoms with Gasteiger partial charge in [0, 0.05) is 5.56 Å². The van der Waals surface area contributed by atoms with Gasteiger partial charge in [0.25, 0.3) is 11.8 Å². The predicted octanol–water partition coefficient (Wildman–Crippen LogP) is 3.57. The van der Waals surface area contributed by atoms with Gasteiger partial charge in [-0.3, -0.25) is 9.59 Å². The number of carbonyl (C=O) groups is 3. The number of benzene rings is 2. The number of hydrogen-bond donors (Lipinski definition) is 3. The molecule has 0 aliphatic carbocycles. The Morgan fingerprint density at radius 1 is 1.06 bits per heavy atom. The number of rotatable bonds is 11. The first kappa shape index (κ1) is 25.0. The molecule has 170 valence electrons. The molecule has 0 spiro atoms. The monoisotopic (exact) mass is 456 g/mol. The Labute approximate surface area is 192 Å². The van der Waals surface area contributed by atoms with E-state index < -0.39 is 23.8 Å². The van der Waals surface area contributed by atoms with Crippen LogP contribution in [-0.2, 0) is 9.59 Å². The Balaban J connectivity index is 2.29. The molecule has 1 atom stereocenters. The van der Waals surface area contributed by atoms with E-state index in [1.807, 2.05) is 20.1 Å². The van der Waals surface area contributed by atoms with Crippen molar-refractivity contribution in [3.05, 3.63) is 71.4 Å². The highest BCUT2D eigenvalue weighted by Crippen LogP contribution is 2.16. The van der Waals surface area contributed by atoms with Gasteiger partial charge in [0.15, 0.2) is 0 Å². The molecule has 32 heavy (non-hydrogen) atoms. The fourth-order valence-corrected chi connectivity index (χ4v) is 3.22. The average molecular weight is 457 g/mol. The van der Waals surface area contributed by atoms with Gasteiger partial charge in [-0.1, -0.05) is 30.3 Å². The fourth-order valence-electron chi connectivity index (χ4n) is 2.75. The van der Waals surface area contributed by atoms with Crippen LogP contribution in [0.3, 0.4) is 0 Å². The molecule has 0 heterocycles. The molecule has 2 aromatic rings. The third kappa shape index (κ3) is 8.11. The van der Waals surface area contributed by atoms with Gasteiger partial charge in [0.2, 0.25) is 0 Å². The molecule has 0 aliphatic rings. The molecular formula is C24H28N2O5S. The summed E-state index contributed by atoms with van der Waals surface area (Å²) in [7, 11) is 0. The summed E-state index contributed by atoms with van der Waals surface area (Å²) in [6.07, 6.45) is 3.66. The van der Waals surface area contributed by atoms with E-state index in [0.29, 0.717) is 22.6 Å². The number of aliphatic carboxylic acids is 1. The lowest BCUT2D eigenvalue weighted by Crippen LogP contribution is -2.44. The molecule has 0 bridgehead atoms. The minimum Gasteiger partial charge on any atom is -0.491 e. The van der Waals surface area contributed by atoms with Crippen molar-refractivity contribution in [1.29, 1.82) is 0 Å². The number of carbonyl (C=O) groups excluding carboxylic acids is 2. The number of hydrogen-bond acceptors (Lipinski definition) is 5. The molecule has 0 saturated carbocycles. The van der Waals surface area contributed by atoms with Crippen LogP contribution in [0.4, 0.5) is 0 Å². The van der Waals surface area contributed by atoms with E-state index in [2.05, 4.69) is 10.6 Å². The Bertz CT molecular complexity index is 943. The number of thioether (sulfide) groups is 1.